The molecule has 0 aromatic heterocycles. The summed E-state index contributed by atoms with van der Waals surface area (Å²) in [5.41, 5.74) is 3.12. The van der Waals surface area contributed by atoms with E-state index in [0.29, 0.717) is 0 Å². The first-order valence-electron chi connectivity index (χ1n) is 6.19. The molecule has 2 aromatic carbocycles. The van der Waals surface area contributed by atoms with E-state index in [1.807, 2.05) is 36.4 Å². The molecular formula is C16H16BrClO2. The van der Waals surface area contributed by atoms with Crippen LogP contribution in [0.4, 0.5) is 0 Å². The summed E-state index contributed by atoms with van der Waals surface area (Å²) in [6.45, 7) is 2.05. The van der Waals surface area contributed by atoms with Crippen molar-refractivity contribution in [2.45, 2.75) is 12.3 Å². The fraction of sp³-hybridized carbons (Fsp3) is 0.250. The van der Waals surface area contributed by atoms with Gasteiger partial charge in [0.05, 0.1) is 24.1 Å². The molecule has 4 heteroatoms. The van der Waals surface area contributed by atoms with Gasteiger partial charge in [0.2, 0.25) is 0 Å². The highest BCUT2D eigenvalue weighted by Crippen LogP contribution is 2.40. The van der Waals surface area contributed by atoms with Crippen LogP contribution in [-0.2, 0) is 0 Å². The van der Waals surface area contributed by atoms with Crippen LogP contribution in [-0.4, -0.2) is 14.2 Å². The fourth-order valence-electron chi connectivity index (χ4n) is 2.00. The molecule has 0 spiro atoms. The second-order valence-corrected chi connectivity index (χ2v) is 5.79. The minimum atomic E-state index is -0.285. The van der Waals surface area contributed by atoms with Crippen molar-refractivity contribution in [1.82, 2.24) is 0 Å². The van der Waals surface area contributed by atoms with Gasteiger partial charge in [-0.2, -0.15) is 0 Å². The maximum atomic E-state index is 6.60. The molecular weight excluding hydrogens is 340 g/mol. The van der Waals surface area contributed by atoms with Crippen LogP contribution < -0.4 is 9.47 Å². The van der Waals surface area contributed by atoms with Gasteiger partial charge >= 0.3 is 0 Å². The summed E-state index contributed by atoms with van der Waals surface area (Å²) in [6, 6.07) is 11.9. The first-order valence-corrected chi connectivity index (χ1v) is 7.41. The summed E-state index contributed by atoms with van der Waals surface area (Å²) in [6.07, 6.45) is 0. The summed E-state index contributed by atoms with van der Waals surface area (Å²) in [4.78, 5) is 0. The highest BCUT2D eigenvalue weighted by molar-refractivity contribution is 9.10. The molecule has 1 atom stereocenters. The standard InChI is InChI=1S/C16H16BrClO2/c1-10-4-6-11(7-5-10)16(18)12-8-15(20-3)13(17)9-14(12)19-2/h4-9,16H,1-3H3. The van der Waals surface area contributed by atoms with Crippen molar-refractivity contribution in [1.29, 1.82) is 0 Å². The molecule has 0 saturated carbocycles. The molecule has 0 aliphatic carbocycles. The molecule has 2 aromatic rings. The molecule has 0 bridgehead atoms. The molecule has 20 heavy (non-hydrogen) atoms. The van der Waals surface area contributed by atoms with Crippen molar-refractivity contribution in [2.24, 2.45) is 0 Å². The van der Waals surface area contributed by atoms with Crippen LogP contribution in [0.3, 0.4) is 0 Å². The smallest absolute Gasteiger partial charge is 0.133 e. The topological polar surface area (TPSA) is 18.5 Å². The Morgan fingerprint density at radius 1 is 1.00 bits per heavy atom. The van der Waals surface area contributed by atoms with Crippen LogP contribution in [0.1, 0.15) is 22.1 Å². The Morgan fingerprint density at radius 3 is 2.15 bits per heavy atom. The average molecular weight is 356 g/mol. The number of methoxy groups -OCH3 is 2. The lowest BCUT2D eigenvalue weighted by Gasteiger charge is -2.17. The molecule has 2 rings (SSSR count). The number of hydrogen-bond acceptors (Lipinski definition) is 2. The Labute approximate surface area is 132 Å². The van der Waals surface area contributed by atoms with E-state index in [2.05, 4.69) is 22.9 Å². The van der Waals surface area contributed by atoms with Gasteiger partial charge in [-0.1, -0.05) is 29.8 Å². The van der Waals surface area contributed by atoms with E-state index in [1.54, 1.807) is 14.2 Å². The zero-order valence-electron chi connectivity index (χ0n) is 11.6. The largest absolute Gasteiger partial charge is 0.496 e. The molecule has 0 radical (unpaired) electrons. The van der Waals surface area contributed by atoms with E-state index < -0.39 is 0 Å². The zero-order chi connectivity index (χ0) is 14.7. The Balaban J connectivity index is 2.47. The lowest BCUT2D eigenvalue weighted by atomic mass is 10.0. The Kier molecular flexibility index (Phi) is 4.95. The summed E-state index contributed by atoms with van der Waals surface area (Å²) >= 11 is 10.0. The summed E-state index contributed by atoms with van der Waals surface area (Å²) in [7, 11) is 3.27. The molecule has 0 heterocycles. The van der Waals surface area contributed by atoms with E-state index in [4.69, 9.17) is 21.1 Å². The minimum Gasteiger partial charge on any atom is -0.496 e. The van der Waals surface area contributed by atoms with Crippen LogP contribution in [0.25, 0.3) is 0 Å². The molecule has 0 saturated heterocycles. The third kappa shape index (κ3) is 3.10. The van der Waals surface area contributed by atoms with Gasteiger partial charge in [0, 0.05) is 5.56 Å². The molecule has 106 valence electrons. The van der Waals surface area contributed by atoms with Gasteiger partial charge < -0.3 is 9.47 Å². The van der Waals surface area contributed by atoms with Gasteiger partial charge in [-0.3, -0.25) is 0 Å². The highest BCUT2D eigenvalue weighted by Gasteiger charge is 2.18. The number of rotatable bonds is 4. The van der Waals surface area contributed by atoms with Gasteiger partial charge in [-0.15, -0.1) is 11.6 Å². The zero-order valence-corrected chi connectivity index (χ0v) is 14.0. The second-order valence-electron chi connectivity index (χ2n) is 4.50. The fourth-order valence-corrected chi connectivity index (χ4v) is 2.80. The van der Waals surface area contributed by atoms with Crippen LogP contribution in [0, 0.1) is 6.92 Å². The molecule has 2 nitrogen and oxygen atoms in total. The van der Waals surface area contributed by atoms with E-state index in [9.17, 15) is 0 Å². The van der Waals surface area contributed by atoms with Gasteiger partial charge in [-0.25, -0.2) is 0 Å². The predicted octanol–water partition coefficient (Wildman–Crippen LogP) is 5.10. The lowest BCUT2D eigenvalue weighted by molar-refractivity contribution is 0.397. The molecule has 1 unspecified atom stereocenters. The number of aryl methyl sites for hydroxylation is 1. The molecule has 0 aliphatic heterocycles. The number of ether oxygens (including phenoxy) is 2. The van der Waals surface area contributed by atoms with Crippen molar-refractivity contribution in [3.63, 3.8) is 0 Å². The Morgan fingerprint density at radius 2 is 1.60 bits per heavy atom. The third-order valence-corrected chi connectivity index (χ3v) is 4.25. The normalized spacial score (nSPS) is 12.1. The van der Waals surface area contributed by atoms with Gasteiger partial charge in [-0.05, 0) is 40.5 Å². The summed E-state index contributed by atoms with van der Waals surface area (Å²) < 4.78 is 11.6. The number of alkyl halides is 1. The van der Waals surface area contributed by atoms with Crippen LogP contribution in [0.5, 0.6) is 11.5 Å². The van der Waals surface area contributed by atoms with E-state index in [0.717, 1.165) is 27.1 Å². The van der Waals surface area contributed by atoms with Crippen molar-refractivity contribution < 1.29 is 9.47 Å². The van der Waals surface area contributed by atoms with Crippen molar-refractivity contribution in [3.05, 3.63) is 57.6 Å². The predicted molar refractivity (Wildman–Crippen MR) is 86.1 cm³/mol. The lowest BCUT2D eigenvalue weighted by Crippen LogP contribution is -1.99. The quantitative estimate of drug-likeness (QED) is 0.710. The summed E-state index contributed by atoms with van der Waals surface area (Å²) in [5.74, 6) is 1.47. The first-order chi connectivity index (χ1) is 9.56. The van der Waals surface area contributed by atoms with E-state index in [-0.39, 0.29) is 5.38 Å². The van der Waals surface area contributed by atoms with Crippen LogP contribution in [0.2, 0.25) is 0 Å². The molecule has 0 fully saturated rings. The highest BCUT2D eigenvalue weighted by atomic mass is 79.9. The Hall–Kier alpha value is -1.19. The maximum absolute atomic E-state index is 6.60. The number of benzene rings is 2. The van der Waals surface area contributed by atoms with Gasteiger partial charge in [0.25, 0.3) is 0 Å². The van der Waals surface area contributed by atoms with E-state index in [1.165, 1.54) is 5.56 Å². The number of hydrogen-bond donors (Lipinski definition) is 0. The summed E-state index contributed by atoms with van der Waals surface area (Å²) in [5, 5.41) is -0.285. The molecule has 0 aliphatic rings. The SMILES string of the molecule is COc1cc(C(Cl)c2ccc(C)cc2)c(OC)cc1Br. The van der Waals surface area contributed by atoms with E-state index >= 15 is 0 Å². The third-order valence-electron chi connectivity index (χ3n) is 3.15. The van der Waals surface area contributed by atoms with Crippen molar-refractivity contribution in [3.8, 4) is 11.5 Å². The molecule has 0 amide bonds. The Bertz CT molecular complexity index is 596. The first kappa shape index (κ1) is 15.2. The minimum absolute atomic E-state index is 0.285. The average Bonchev–Trinajstić information content (AvgIpc) is 2.47. The van der Waals surface area contributed by atoms with Crippen LogP contribution >= 0.6 is 27.5 Å². The van der Waals surface area contributed by atoms with Gasteiger partial charge in [0.15, 0.2) is 0 Å². The molecule has 0 N–H and O–H groups in total. The van der Waals surface area contributed by atoms with Crippen molar-refractivity contribution >= 4 is 27.5 Å². The number of halogens is 2. The second kappa shape index (κ2) is 6.51. The maximum Gasteiger partial charge on any atom is 0.133 e. The van der Waals surface area contributed by atoms with Crippen LogP contribution in [0.15, 0.2) is 40.9 Å². The monoisotopic (exact) mass is 354 g/mol. The van der Waals surface area contributed by atoms with Crippen molar-refractivity contribution in [2.75, 3.05) is 14.2 Å². The van der Waals surface area contributed by atoms with Gasteiger partial charge in [0.1, 0.15) is 11.5 Å².